The van der Waals surface area contributed by atoms with Gasteiger partial charge in [-0.25, -0.2) is 0 Å². The number of nitro groups is 2. The molecule has 10 heteroatoms. The number of nitrogen functional groups attached to an aromatic ring is 1. The van der Waals surface area contributed by atoms with Gasteiger partial charge >= 0.3 is 0 Å². The van der Waals surface area contributed by atoms with Crippen molar-refractivity contribution in [2.75, 3.05) is 5.73 Å². The Kier molecular flexibility index (Phi) is 9.08. The molecule has 0 aliphatic carbocycles. The number of aromatic nitrogens is 2. The van der Waals surface area contributed by atoms with Crippen molar-refractivity contribution >= 4 is 54.8 Å². The van der Waals surface area contributed by atoms with E-state index in [-0.39, 0.29) is 26.2 Å². The molecule has 0 radical (unpaired) electrons. The third-order valence-electron chi connectivity index (χ3n) is 6.01. The van der Waals surface area contributed by atoms with Gasteiger partial charge in [-0.05, 0) is 83.9 Å². The molecule has 2 heterocycles. The third-order valence-corrected chi connectivity index (χ3v) is 6.50. The number of rotatable bonds is 4. The summed E-state index contributed by atoms with van der Waals surface area (Å²) in [5.74, 6) is 0. The second kappa shape index (κ2) is 12.3. The number of benzene rings is 4. The number of nitro benzene ring substituents is 2. The average molecular weight is 602 g/mol. The van der Waals surface area contributed by atoms with Crippen LogP contribution in [0.15, 0.2) is 102 Å². The van der Waals surface area contributed by atoms with Gasteiger partial charge in [0, 0.05) is 67.6 Å². The molecule has 0 saturated heterocycles. The molecule has 0 atom stereocenters. The van der Waals surface area contributed by atoms with Crippen molar-refractivity contribution in [3.05, 3.63) is 122 Å². The molecule has 0 amide bonds. The molecule has 9 nitrogen and oxygen atoms in total. The van der Waals surface area contributed by atoms with Gasteiger partial charge in [0.05, 0.1) is 9.85 Å². The minimum Gasteiger partial charge on any atom is -0.399 e. The largest absolute Gasteiger partial charge is 0.399 e. The summed E-state index contributed by atoms with van der Waals surface area (Å²) < 4.78 is 1.02. The Morgan fingerprint density at radius 1 is 0.600 bits per heavy atom. The van der Waals surface area contributed by atoms with Crippen molar-refractivity contribution in [1.29, 1.82) is 0 Å². The van der Waals surface area contributed by atoms with Crippen molar-refractivity contribution < 1.29 is 9.85 Å². The molecule has 4 N–H and O–H groups in total. The zero-order valence-electron chi connectivity index (χ0n) is 19.7. The van der Waals surface area contributed by atoms with Crippen LogP contribution in [0.1, 0.15) is 14.9 Å². The van der Waals surface area contributed by atoms with Gasteiger partial charge in [-0.1, -0.05) is 30.8 Å². The lowest BCUT2D eigenvalue weighted by Gasteiger charge is -1.97. The van der Waals surface area contributed by atoms with E-state index < -0.39 is 9.85 Å². The van der Waals surface area contributed by atoms with E-state index in [2.05, 4.69) is 25.9 Å². The highest BCUT2D eigenvalue weighted by molar-refractivity contribution is 9.10. The average Bonchev–Trinajstić information content (AvgIpc) is 3.53. The van der Waals surface area contributed by atoms with Gasteiger partial charge < -0.3 is 15.7 Å². The van der Waals surface area contributed by atoms with Gasteiger partial charge in [0.1, 0.15) is 0 Å². The smallest absolute Gasteiger partial charge is 0.269 e. The molecule has 0 saturated carbocycles. The van der Waals surface area contributed by atoms with Crippen LogP contribution in [0.5, 0.6) is 0 Å². The fraction of sp³-hybridized carbons (Fsp3) is 0.0667. The predicted octanol–water partition coefficient (Wildman–Crippen LogP) is 9.10. The molecule has 40 heavy (non-hydrogen) atoms. The van der Waals surface area contributed by atoms with E-state index >= 15 is 0 Å². The van der Waals surface area contributed by atoms with Crippen LogP contribution in [0.25, 0.3) is 44.3 Å². The zero-order valence-corrected chi connectivity index (χ0v) is 21.3. The lowest BCUT2D eigenvalue weighted by Crippen LogP contribution is -1.87. The lowest BCUT2D eigenvalue weighted by atomic mass is 10.1. The van der Waals surface area contributed by atoms with Crippen LogP contribution >= 0.6 is 15.9 Å². The van der Waals surface area contributed by atoms with E-state index in [0.717, 1.165) is 48.8 Å². The number of fused-ring (bicyclic) bond motifs is 2. The molecule has 0 spiro atoms. The van der Waals surface area contributed by atoms with Gasteiger partial charge in [-0.3, -0.25) is 20.2 Å². The van der Waals surface area contributed by atoms with Crippen LogP contribution in [0.2, 0.25) is 0 Å². The number of nitrogens with two attached hydrogens (primary N) is 1. The van der Waals surface area contributed by atoms with E-state index in [1.165, 1.54) is 24.3 Å². The maximum atomic E-state index is 10.6. The summed E-state index contributed by atoms with van der Waals surface area (Å²) in [7, 11) is 0. The van der Waals surface area contributed by atoms with E-state index in [0.29, 0.717) is 5.69 Å². The number of hydrogen-bond donors (Lipinski definition) is 3. The maximum Gasteiger partial charge on any atom is 0.269 e. The monoisotopic (exact) mass is 601 g/mol. The fourth-order valence-electron chi connectivity index (χ4n) is 4.09. The second-order valence-electron chi connectivity index (χ2n) is 8.55. The van der Waals surface area contributed by atoms with Gasteiger partial charge in [0.15, 0.2) is 0 Å². The van der Waals surface area contributed by atoms with Crippen molar-refractivity contribution in [1.82, 2.24) is 9.97 Å². The van der Waals surface area contributed by atoms with Crippen molar-refractivity contribution in [2.24, 2.45) is 0 Å². The van der Waals surface area contributed by atoms with Crippen molar-refractivity contribution in [3.8, 4) is 22.5 Å². The highest BCUT2D eigenvalue weighted by Gasteiger charge is 2.09. The van der Waals surface area contributed by atoms with Crippen LogP contribution in [0.4, 0.5) is 17.1 Å². The Balaban J connectivity index is 0.000000210. The molecular weight excluding hydrogens is 574 g/mol. The number of halogens is 1. The molecular formula is C30H28BrN5O4. The summed E-state index contributed by atoms with van der Waals surface area (Å²) in [5, 5.41) is 23.4. The summed E-state index contributed by atoms with van der Waals surface area (Å²) in [6.45, 7) is 0. The number of H-pyrrole nitrogens is 2. The Hall–Kier alpha value is -4.96. The van der Waals surface area contributed by atoms with Crippen LogP contribution < -0.4 is 5.73 Å². The first-order chi connectivity index (χ1) is 18.3. The first-order valence-electron chi connectivity index (χ1n) is 11.4. The van der Waals surface area contributed by atoms with Gasteiger partial charge in [-0.2, -0.15) is 0 Å². The molecule has 4 aromatic carbocycles. The summed E-state index contributed by atoms with van der Waals surface area (Å²) in [4.78, 5) is 27.0. The summed E-state index contributed by atoms with van der Waals surface area (Å²) in [5.41, 5.74) is 12.4. The van der Waals surface area contributed by atoms with Gasteiger partial charge in [0.2, 0.25) is 0 Å². The van der Waals surface area contributed by atoms with E-state index in [4.69, 9.17) is 5.73 Å². The SMILES string of the molecule is C.C.Nc1ccc2[nH]c(-c3ccc([N+](=O)[O-])cc3)cc2c1.O=[N+]([O-])c1ccc(-c2cc3cc(Br)ccc3[nH]2)cc1. The minimum absolute atomic E-state index is 0. The van der Waals surface area contributed by atoms with E-state index in [1.807, 2.05) is 48.5 Å². The molecule has 0 unspecified atom stereocenters. The van der Waals surface area contributed by atoms with Crippen LogP contribution in [-0.4, -0.2) is 19.8 Å². The molecule has 0 fully saturated rings. The molecule has 0 aliphatic rings. The van der Waals surface area contributed by atoms with Crippen LogP contribution in [-0.2, 0) is 0 Å². The van der Waals surface area contributed by atoms with E-state index in [1.54, 1.807) is 24.3 Å². The number of nitrogens with one attached hydrogen (secondary N) is 2. The number of aromatic amines is 2. The summed E-state index contributed by atoms with van der Waals surface area (Å²) >= 11 is 3.43. The van der Waals surface area contributed by atoms with E-state index in [9.17, 15) is 20.2 Å². The standard InChI is InChI=1S/C14H9BrN2O2.C14H11N3O2.2CH4/c2*15-11-3-6-13-10(7-11)8-14(16-13)9-1-4-12(5-2-9)17(18)19;;/h1-8,16H;1-8,16H,15H2;2*1H4. The maximum absolute atomic E-state index is 10.6. The Morgan fingerprint density at radius 2 is 1.02 bits per heavy atom. The Morgan fingerprint density at radius 3 is 1.48 bits per heavy atom. The highest BCUT2D eigenvalue weighted by Crippen LogP contribution is 2.28. The summed E-state index contributed by atoms with van der Waals surface area (Å²) in [6.07, 6.45) is 0. The molecule has 6 rings (SSSR count). The second-order valence-corrected chi connectivity index (χ2v) is 9.47. The molecule has 0 bridgehead atoms. The van der Waals surface area contributed by atoms with Crippen molar-refractivity contribution in [2.45, 2.75) is 14.9 Å². The first kappa shape index (κ1) is 29.6. The molecule has 204 valence electrons. The Bertz CT molecular complexity index is 1660. The van der Waals surface area contributed by atoms with Crippen molar-refractivity contribution in [3.63, 3.8) is 0 Å². The normalized spacial score (nSPS) is 10.2. The molecule has 6 aromatic rings. The zero-order chi connectivity index (χ0) is 26.8. The highest BCUT2D eigenvalue weighted by atomic mass is 79.9. The third kappa shape index (κ3) is 6.36. The van der Waals surface area contributed by atoms with Crippen LogP contribution in [0.3, 0.4) is 0 Å². The number of non-ortho nitro benzene ring substituents is 2. The first-order valence-corrected chi connectivity index (χ1v) is 12.2. The topological polar surface area (TPSA) is 144 Å². The molecule has 2 aromatic heterocycles. The van der Waals surface area contributed by atoms with Gasteiger partial charge in [0.25, 0.3) is 11.4 Å². The minimum atomic E-state index is -0.407. The number of nitrogens with zero attached hydrogens (tertiary/aromatic N) is 2. The quantitative estimate of drug-likeness (QED) is 0.105. The van der Waals surface area contributed by atoms with Gasteiger partial charge in [-0.15, -0.1) is 0 Å². The Labute approximate surface area is 239 Å². The summed E-state index contributed by atoms with van der Waals surface area (Å²) in [6, 6.07) is 28.6. The predicted molar refractivity (Wildman–Crippen MR) is 166 cm³/mol. The molecule has 0 aliphatic heterocycles. The van der Waals surface area contributed by atoms with Crippen LogP contribution in [0, 0.1) is 20.2 Å². The number of hydrogen-bond acceptors (Lipinski definition) is 5. The fourth-order valence-corrected chi connectivity index (χ4v) is 4.47. The lowest BCUT2D eigenvalue weighted by molar-refractivity contribution is -0.385. The number of anilines is 1.